The summed E-state index contributed by atoms with van der Waals surface area (Å²) in [5.74, 6) is 0.863. The van der Waals surface area contributed by atoms with Gasteiger partial charge >= 0.3 is 0 Å². The SMILES string of the molecule is CC1CCCN(C2(c3cc4ccccc4s3)CCCCC2)C1. The lowest BCUT2D eigenvalue weighted by Crippen LogP contribution is -2.51. The molecule has 0 radical (unpaired) electrons. The Labute approximate surface area is 138 Å². The summed E-state index contributed by atoms with van der Waals surface area (Å²) in [4.78, 5) is 4.51. The maximum atomic E-state index is 2.87. The molecule has 1 aromatic heterocycles. The van der Waals surface area contributed by atoms with Gasteiger partial charge in [-0.3, -0.25) is 4.90 Å². The highest BCUT2D eigenvalue weighted by Gasteiger charge is 2.41. The second-order valence-electron chi connectivity index (χ2n) is 7.43. The Balaban J connectivity index is 1.76. The molecule has 2 fully saturated rings. The van der Waals surface area contributed by atoms with Crippen LogP contribution in [-0.2, 0) is 5.54 Å². The van der Waals surface area contributed by atoms with Crippen molar-refractivity contribution < 1.29 is 0 Å². The smallest absolute Gasteiger partial charge is 0.0554 e. The zero-order chi connectivity index (χ0) is 15.0. The molecule has 2 heteroatoms. The van der Waals surface area contributed by atoms with Crippen molar-refractivity contribution in [3.63, 3.8) is 0 Å². The molecule has 0 amide bonds. The Morgan fingerprint density at radius 3 is 2.68 bits per heavy atom. The third-order valence-electron chi connectivity index (χ3n) is 5.83. The molecule has 2 heterocycles. The van der Waals surface area contributed by atoms with Crippen LogP contribution in [0, 0.1) is 5.92 Å². The zero-order valence-corrected chi connectivity index (χ0v) is 14.5. The summed E-state index contributed by atoms with van der Waals surface area (Å²) in [5, 5.41) is 1.44. The van der Waals surface area contributed by atoms with E-state index in [0.29, 0.717) is 5.54 Å². The first-order valence-electron chi connectivity index (χ1n) is 9.02. The molecule has 1 aliphatic carbocycles. The van der Waals surface area contributed by atoms with E-state index in [1.807, 2.05) is 0 Å². The third kappa shape index (κ3) is 2.51. The van der Waals surface area contributed by atoms with Gasteiger partial charge in [0, 0.05) is 16.1 Å². The lowest BCUT2D eigenvalue weighted by Gasteiger charge is -2.49. The zero-order valence-electron chi connectivity index (χ0n) is 13.7. The van der Waals surface area contributed by atoms with Gasteiger partial charge in [-0.1, -0.05) is 44.4 Å². The molecule has 1 nitrogen and oxygen atoms in total. The van der Waals surface area contributed by atoms with Crippen molar-refractivity contribution in [3.8, 4) is 0 Å². The van der Waals surface area contributed by atoms with Gasteiger partial charge in [-0.15, -0.1) is 11.3 Å². The normalized spacial score (nSPS) is 26.3. The van der Waals surface area contributed by atoms with Crippen LogP contribution < -0.4 is 0 Å². The summed E-state index contributed by atoms with van der Waals surface area (Å²) >= 11 is 2.06. The number of likely N-dealkylation sites (tertiary alicyclic amines) is 1. The van der Waals surface area contributed by atoms with Crippen LogP contribution in [0.15, 0.2) is 30.3 Å². The number of nitrogens with zero attached hydrogens (tertiary/aromatic N) is 1. The standard InChI is InChI=1S/C20H27NS/c1-16-8-7-13-21(15-16)20(11-5-2-6-12-20)19-14-17-9-3-4-10-18(17)22-19/h3-4,9-10,14,16H,2,5-8,11-13,15H2,1H3. The number of rotatable bonds is 2. The second kappa shape index (κ2) is 5.98. The van der Waals surface area contributed by atoms with Gasteiger partial charge in [0.05, 0.1) is 5.54 Å². The summed E-state index contributed by atoms with van der Waals surface area (Å²) in [6.07, 6.45) is 9.76. The predicted octanol–water partition coefficient (Wildman–Crippen LogP) is 5.79. The van der Waals surface area contributed by atoms with E-state index in [9.17, 15) is 0 Å². The van der Waals surface area contributed by atoms with Crippen molar-refractivity contribution >= 4 is 21.4 Å². The van der Waals surface area contributed by atoms with Gasteiger partial charge in [-0.2, -0.15) is 0 Å². The van der Waals surface area contributed by atoms with E-state index < -0.39 is 0 Å². The number of fused-ring (bicyclic) bond motifs is 1. The van der Waals surface area contributed by atoms with Crippen molar-refractivity contribution in [2.24, 2.45) is 5.92 Å². The Kier molecular flexibility index (Phi) is 4.00. The largest absolute Gasteiger partial charge is 0.293 e. The summed E-state index contributed by atoms with van der Waals surface area (Å²) in [6.45, 7) is 5.04. The lowest BCUT2D eigenvalue weighted by molar-refractivity contribution is 0.0166. The molecule has 1 atom stereocenters. The minimum Gasteiger partial charge on any atom is -0.293 e. The van der Waals surface area contributed by atoms with Gasteiger partial charge < -0.3 is 0 Å². The first-order valence-corrected chi connectivity index (χ1v) is 9.84. The molecule has 4 rings (SSSR count). The number of benzene rings is 1. The van der Waals surface area contributed by atoms with Crippen LogP contribution in [-0.4, -0.2) is 18.0 Å². The van der Waals surface area contributed by atoms with Crippen molar-refractivity contribution in [3.05, 3.63) is 35.2 Å². The van der Waals surface area contributed by atoms with Crippen LogP contribution in [0.4, 0.5) is 0 Å². The van der Waals surface area contributed by atoms with Gasteiger partial charge in [0.2, 0.25) is 0 Å². The van der Waals surface area contributed by atoms with Crippen molar-refractivity contribution in [2.75, 3.05) is 13.1 Å². The molecular formula is C20H27NS. The molecule has 1 aliphatic heterocycles. The highest BCUT2D eigenvalue weighted by molar-refractivity contribution is 7.19. The van der Waals surface area contributed by atoms with E-state index in [0.717, 1.165) is 5.92 Å². The molecule has 22 heavy (non-hydrogen) atoms. The van der Waals surface area contributed by atoms with E-state index in [2.05, 4.69) is 53.5 Å². The van der Waals surface area contributed by atoms with E-state index in [1.54, 1.807) is 4.88 Å². The van der Waals surface area contributed by atoms with Crippen LogP contribution in [0.1, 0.15) is 56.7 Å². The van der Waals surface area contributed by atoms with Crippen LogP contribution in [0.25, 0.3) is 10.1 Å². The fourth-order valence-electron chi connectivity index (χ4n) is 4.64. The molecule has 1 saturated heterocycles. The van der Waals surface area contributed by atoms with Crippen LogP contribution in [0.2, 0.25) is 0 Å². The van der Waals surface area contributed by atoms with Crippen LogP contribution in [0.3, 0.4) is 0 Å². The van der Waals surface area contributed by atoms with E-state index >= 15 is 0 Å². The minimum atomic E-state index is 0.344. The third-order valence-corrected chi connectivity index (χ3v) is 7.14. The first-order chi connectivity index (χ1) is 10.8. The van der Waals surface area contributed by atoms with Crippen molar-refractivity contribution in [1.82, 2.24) is 4.90 Å². The van der Waals surface area contributed by atoms with Crippen molar-refractivity contribution in [1.29, 1.82) is 0 Å². The molecule has 1 saturated carbocycles. The molecule has 0 bridgehead atoms. The molecule has 0 spiro atoms. The van der Waals surface area contributed by atoms with Gasteiger partial charge in [-0.05, 0) is 55.7 Å². The Hall–Kier alpha value is -0.860. The fraction of sp³-hybridized carbons (Fsp3) is 0.600. The number of thiophene rings is 1. The lowest BCUT2D eigenvalue weighted by atomic mass is 9.77. The fourth-order valence-corrected chi connectivity index (χ4v) is 5.98. The average Bonchev–Trinajstić information content (AvgIpc) is 3.00. The quantitative estimate of drug-likeness (QED) is 0.678. The van der Waals surface area contributed by atoms with Gasteiger partial charge in [0.1, 0.15) is 0 Å². The molecule has 118 valence electrons. The van der Waals surface area contributed by atoms with Crippen LogP contribution in [0.5, 0.6) is 0 Å². The summed E-state index contributed by atoms with van der Waals surface area (Å²) in [5.41, 5.74) is 0.344. The average molecular weight is 314 g/mol. The monoisotopic (exact) mass is 313 g/mol. The Bertz CT molecular complexity index is 605. The molecular weight excluding hydrogens is 286 g/mol. The van der Waals surface area contributed by atoms with Crippen LogP contribution >= 0.6 is 11.3 Å². The summed E-state index contributed by atoms with van der Waals surface area (Å²) in [6, 6.07) is 11.4. The number of piperidine rings is 1. The maximum Gasteiger partial charge on any atom is 0.0554 e. The Morgan fingerprint density at radius 1 is 1.09 bits per heavy atom. The second-order valence-corrected chi connectivity index (χ2v) is 8.52. The topological polar surface area (TPSA) is 3.24 Å². The predicted molar refractivity (Wildman–Crippen MR) is 96.6 cm³/mol. The van der Waals surface area contributed by atoms with E-state index in [-0.39, 0.29) is 0 Å². The van der Waals surface area contributed by atoms with Gasteiger partial charge in [-0.25, -0.2) is 0 Å². The summed E-state index contributed by atoms with van der Waals surface area (Å²) < 4.78 is 1.47. The van der Waals surface area contributed by atoms with E-state index in [1.165, 1.54) is 68.1 Å². The highest BCUT2D eigenvalue weighted by atomic mass is 32.1. The molecule has 0 N–H and O–H groups in total. The molecule has 1 aromatic carbocycles. The molecule has 2 aliphatic rings. The molecule has 1 unspecified atom stereocenters. The molecule has 2 aromatic rings. The van der Waals surface area contributed by atoms with Gasteiger partial charge in [0.15, 0.2) is 0 Å². The summed E-state index contributed by atoms with van der Waals surface area (Å²) in [7, 11) is 0. The number of hydrogen-bond donors (Lipinski definition) is 0. The highest BCUT2D eigenvalue weighted by Crippen LogP contribution is 2.47. The van der Waals surface area contributed by atoms with Gasteiger partial charge in [0.25, 0.3) is 0 Å². The minimum absolute atomic E-state index is 0.344. The maximum absolute atomic E-state index is 2.87. The number of hydrogen-bond acceptors (Lipinski definition) is 2. The first kappa shape index (κ1) is 14.7. The Morgan fingerprint density at radius 2 is 1.91 bits per heavy atom. The van der Waals surface area contributed by atoms with Crippen molar-refractivity contribution in [2.45, 2.75) is 57.4 Å². The van der Waals surface area contributed by atoms with E-state index in [4.69, 9.17) is 0 Å².